The van der Waals surface area contributed by atoms with Gasteiger partial charge < -0.3 is 4.90 Å². The molecule has 54 heavy (non-hydrogen) atoms. The first kappa shape index (κ1) is 37.1. The van der Waals surface area contributed by atoms with Crippen molar-refractivity contribution >= 4 is 22.7 Å². The number of hydrogen-bond donors (Lipinski definition) is 0. The molecule has 1 aliphatic heterocycles. The van der Waals surface area contributed by atoms with Crippen molar-refractivity contribution in [3.8, 4) is 16.8 Å². The number of pyridine rings is 1. The Bertz CT molecular complexity index is 2280. The summed E-state index contributed by atoms with van der Waals surface area (Å²) in [6, 6.07) is 18.4. The van der Waals surface area contributed by atoms with Crippen LogP contribution in [-0.2, 0) is 18.4 Å². The van der Waals surface area contributed by atoms with Crippen molar-refractivity contribution in [2.75, 3.05) is 46.8 Å². The van der Waals surface area contributed by atoms with E-state index in [9.17, 15) is 23.6 Å². The van der Waals surface area contributed by atoms with Crippen LogP contribution in [0.15, 0.2) is 76.4 Å². The molecule has 2 aromatic carbocycles. The molecule has 12 nitrogen and oxygen atoms in total. The summed E-state index contributed by atoms with van der Waals surface area (Å²) in [4.78, 5) is 63.7. The summed E-state index contributed by atoms with van der Waals surface area (Å²) in [6.45, 7) is 6.64. The molecule has 7 rings (SSSR count). The van der Waals surface area contributed by atoms with Gasteiger partial charge in [-0.2, -0.15) is 5.10 Å². The van der Waals surface area contributed by atoms with Crippen molar-refractivity contribution in [2.24, 2.45) is 13.0 Å². The summed E-state index contributed by atoms with van der Waals surface area (Å²) in [6.07, 6.45) is 3.82. The fourth-order valence-corrected chi connectivity index (χ4v) is 7.73. The number of Topliss-reactive ketones (excluding diaryl/α,β-unsaturated/α-hetero) is 1. The number of rotatable bonds is 10. The van der Waals surface area contributed by atoms with Gasteiger partial charge in [-0.3, -0.25) is 33.4 Å². The third-order valence-electron chi connectivity index (χ3n) is 11.1. The number of carbonyl (C=O) groups excluding carboxylic acids is 2. The summed E-state index contributed by atoms with van der Waals surface area (Å²) < 4.78 is 18.9. The second-order valence-corrected chi connectivity index (χ2v) is 15.0. The third-order valence-corrected chi connectivity index (χ3v) is 11.1. The van der Waals surface area contributed by atoms with Crippen molar-refractivity contribution in [2.45, 2.75) is 51.6 Å². The average molecular weight is 735 g/mol. The standard InChI is InChI=1S/C41H47FN8O4/c1-27-20-36(44-46(27)4)37(51)21-28-10-14-33(15-11-28)50-40(53)35-23-32(42)24-43-39(35)49(41(50)54)34-7-5-6-31(22-34)30-12-8-29(9-13-30)25-47-16-18-48(19-17-47)26-38(52)45(2)3/h5-9,12-13,20,22-24,28,33H,10-11,14-19,21,25-26H2,1-4H3. The van der Waals surface area contributed by atoms with Gasteiger partial charge in [-0.1, -0.05) is 36.4 Å². The van der Waals surface area contributed by atoms with Crippen molar-refractivity contribution in [3.63, 3.8) is 0 Å². The van der Waals surface area contributed by atoms with Gasteiger partial charge in [-0.15, -0.1) is 0 Å². The van der Waals surface area contributed by atoms with Crippen molar-refractivity contribution < 1.29 is 14.0 Å². The SMILES string of the molecule is Cc1cc(C(=O)CC2CCC(n3c(=O)c4cc(F)cnc4n(-c4cccc(-c5ccc(CN6CCN(CC(=O)N(C)C)CC6)cc5)c4)c3=O)CC2)nn1C. The molecule has 2 aliphatic rings. The molecule has 3 aromatic heterocycles. The van der Waals surface area contributed by atoms with Crippen LogP contribution in [0.25, 0.3) is 27.8 Å². The Morgan fingerprint density at radius 1 is 0.889 bits per heavy atom. The van der Waals surface area contributed by atoms with E-state index >= 15 is 0 Å². The minimum Gasteiger partial charge on any atom is -0.348 e. The molecule has 5 aromatic rings. The summed E-state index contributed by atoms with van der Waals surface area (Å²) >= 11 is 0. The molecule has 0 bridgehead atoms. The van der Waals surface area contributed by atoms with E-state index < -0.39 is 23.1 Å². The molecule has 1 amide bonds. The smallest absolute Gasteiger partial charge is 0.337 e. The zero-order valence-corrected chi connectivity index (χ0v) is 31.4. The molecule has 0 N–H and O–H groups in total. The largest absolute Gasteiger partial charge is 0.348 e. The predicted octanol–water partition coefficient (Wildman–Crippen LogP) is 4.61. The topological polar surface area (TPSA) is 119 Å². The number of piperazine rings is 1. The molecule has 0 atom stereocenters. The highest BCUT2D eigenvalue weighted by atomic mass is 19.1. The van der Waals surface area contributed by atoms with Crippen LogP contribution in [0.1, 0.15) is 59.9 Å². The van der Waals surface area contributed by atoms with E-state index in [0.717, 1.165) is 61.8 Å². The lowest BCUT2D eigenvalue weighted by molar-refractivity contribution is -0.130. The first-order chi connectivity index (χ1) is 25.9. The maximum absolute atomic E-state index is 14.6. The van der Waals surface area contributed by atoms with Crippen LogP contribution in [-0.4, -0.2) is 97.1 Å². The molecule has 0 spiro atoms. The quantitative estimate of drug-likeness (QED) is 0.191. The molecular formula is C41H47FN8O4. The number of nitrogens with zero attached hydrogens (tertiary/aromatic N) is 8. The van der Waals surface area contributed by atoms with Gasteiger partial charge in [0, 0.05) is 72.0 Å². The summed E-state index contributed by atoms with van der Waals surface area (Å²) in [5, 5.41) is 4.37. The number of benzene rings is 2. The van der Waals surface area contributed by atoms with E-state index in [4.69, 9.17) is 0 Å². The molecule has 282 valence electrons. The van der Waals surface area contributed by atoms with Gasteiger partial charge in [0.25, 0.3) is 5.56 Å². The molecular weight excluding hydrogens is 688 g/mol. The van der Waals surface area contributed by atoms with Gasteiger partial charge in [0.2, 0.25) is 5.91 Å². The molecule has 1 aliphatic carbocycles. The van der Waals surface area contributed by atoms with Crippen molar-refractivity contribution in [3.05, 3.63) is 110 Å². The Balaban J connectivity index is 1.09. The highest BCUT2D eigenvalue weighted by molar-refractivity contribution is 5.94. The number of halogens is 1. The van der Waals surface area contributed by atoms with Crippen LogP contribution >= 0.6 is 0 Å². The second-order valence-electron chi connectivity index (χ2n) is 15.0. The molecule has 4 heterocycles. The zero-order chi connectivity index (χ0) is 38.1. The number of hydrogen-bond acceptors (Lipinski definition) is 8. The highest BCUT2D eigenvalue weighted by Gasteiger charge is 2.29. The number of amides is 1. The van der Waals surface area contributed by atoms with Gasteiger partial charge in [0.05, 0.1) is 23.8 Å². The normalized spacial score (nSPS) is 18.2. The zero-order valence-electron chi connectivity index (χ0n) is 31.4. The van der Waals surface area contributed by atoms with E-state index in [0.29, 0.717) is 50.0 Å². The number of likely N-dealkylation sites (N-methyl/N-ethyl adjacent to an activating group) is 1. The second kappa shape index (κ2) is 15.6. The number of carbonyl (C=O) groups is 2. The van der Waals surface area contributed by atoms with Gasteiger partial charge in [-0.25, -0.2) is 18.7 Å². The van der Waals surface area contributed by atoms with Crippen LogP contribution in [0, 0.1) is 18.7 Å². The van der Waals surface area contributed by atoms with E-state index in [1.54, 1.807) is 35.8 Å². The Morgan fingerprint density at radius 2 is 1.59 bits per heavy atom. The van der Waals surface area contributed by atoms with E-state index in [2.05, 4.69) is 44.1 Å². The Morgan fingerprint density at radius 3 is 2.26 bits per heavy atom. The lowest BCUT2D eigenvalue weighted by Crippen LogP contribution is -2.48. The Labute approximate surface area is 313 Å². The lowest BCUT2D eigenvalue weighted by Gasteiger charge is -2.34. The number of fused-ring (bicyclic) bond motifs is 1. The maximum atomic E-state index is 14.6. The first-order valence-electron chi connectivity index (χ1n) is 18.7. The average Bonchev–Trinajstić information content (AvgIpc) is 3.51. The van der Waals surface area contributed by atoms with E-state index in [1.807, 2.05) is 32.2 Å². The molecule has 13 heteroatoms. The minimum absolute atomic E-state index is 0.00665. The van der Waals surface area contributed by atoms with Crippen LogP contribution in [0.2, 0.25) is 0 Å². The van der Waals surface area contributed by atoms with Crippen molar-refractivity contribution in [1.29, 1.82) is 0 Å². The highest BCUT2D eigenvalue weighted by Crippen LogP contribution is 2.34. The number of aromatic nitrogens is 5. The number of ketones is 1. The van der Waals surface area contributed by atoms with Crippen LogP contribution < -0.4 is 11.2 Å². The van der Waals surface area contributed by atoms with Crippen LogP contribution in [0.3, 0.4) is 0 Å². The molecule has 0 unspecified atom stereocenters. The molecule has 0 radical (unpaired) electrons. The summed E-state index contributed by atoms with van der Waals surface area (Å²) in [5.41, 5.74) is 3.94. The molecule has 1 saturated heterocycles. The molecule has 2 fully saturated rings. The maximum Gasteiger partial charge on any atom is 0.337 e. The van der Waals surface area contributed by atoms with Gasteiger partial charge in [0.15, 0.2) is 11.4 Å². The van der Waals surface area contributed by atoms with E-state index in [1.165, 1.54) is 14.7 Å². The fourth-order valence-electron chi connectivity index (χ4n) is 7.73. The lowest BCUT2D eigenvalue weighted by atomic mass is 9.82. The van der Waals surface area contributed by atoms with Crippen LogP contribution in [0.5, 0.6) is 0 Å². The fraction of sp³-hybridized carbons (Fsp3) is 0.415. The van der Waals surface area contributed by atoms with Crippen molar-refractivity contribution in [1.82, 2.24) is 38.6 Å². The van der Waals surface area contributed by atoms with E-state index in [-0.39, 0.29) is 28.6 Å². The Kier molecular flexibility index (Phi) is 10.7. The molecule has 1 saturated carbocycles. The van der Waals surface area contributed by atoms with Gasteiger partial charge in [-0.05, 0) is 79.5 Å². The monoisotopic (exact) mass is 734 g/mol. The van der Waals surface area contributed by atoms with Gasteiger partial charge >= 0.3 is 5.69 Å². The third kappa shape index (κ3) is 7.83. The summed E-state index contributed by atoms with van der Waals surface area (Å²) in [5.74, 6) is -0.424. The van der Waals surface area contributed by atoms with Gasteiger partial charge in [0.1, 0.15) is 11.5 Å². The predicted molar refractivity (Wildman–Crippen MR) is 205 cm³/mol. The van der Waals surface area contributed by atoms with Crippen LogP contribution in [0.4, 0.5) is 4.39 Å². The first-order valence-corrected chi connectivity index (χ1v) is 18.7. The number of aryl methyl sites for hydroxylation is 2. The Hall–Kier alpha value is -5.27. The minimum atomic E-state index is -0.654. The summed E-state index contributed by atoms with van der Waals surface area (Å²) in [7, 11) is 5.38.